The summed E-state index contributed by atoms with van der Waals surface area (Å²) in [5, 5.41) is 15.9. The molecule has 0 radical (unpaired) electrons. The molecule has 2 rings (SSSR count). The zero-order chi connectivity index (χ0) is 15.2. The maximum atomic E-state index is 12.3. The van der Waals surface area contributed by atoms with E-state index in [0.29, 0.717) is 54.2 Å². The molecule has 0 aromatic carbocycles. The minimum absolute atomic E-state index is 0.00734. The number of aliphatic hydroxyl groups excluding tert-OH is 1. The van der Waals surface area contributed by atoms with Gasteiger partial charge in [-0.3, -0.25) is 4.79 Å². The first-order valence-electron chi connectivity index (χ1n) is 6.84. The maximum absolute atomic E-state index is 12.3. The second kappa shape index (κ2) is 7.14. The van der Waals surface area contributed by atoms with Crippen LogP contribution < -0.4 is 5.32 Å². The molecule has 2 aromatic rings. The largest absolute Gasteiger partial charge is 0.394 e. The van der Waals surface area contributed by atoms with E-state index in [0.717, 1.165) is 0 Å². The number of hydrogen-bond donors (Lipinski definition) is 2. The fraction of sp³-hybridized carbons (Fsp3) is 0.500. The summed E-state index contributed by atoms with van der Waals surface area (Å²) in [6.45, 7) is 4.90. The van der Waals surface area contributed by atoms with Gasteiger partial charge in [-0.25, -0.2) is 4.98 Å². The third-order valence-corrected chi connectivity index (χ3v) is 2.98. The van der Waals surface area contributed by atoms with Gasteiger partial charge in [0, 0.05) is 18.8 Å². The molecule has 0 unspecified atom stereocenters. The average Bonchev–Trinajstić information content (AvgIpc) is 2.83. The molecule has 7 nitrogen and oxygen atoms in total. The molecule has 21 heavy (non-hydrogen) atoms. The Morgan fingerprint density at radius 3 is 3.00 bits per heavy atom. The Morgan fingerprint density at radius 2 is 2.24 bits per heavy atom. The van der Waals surface area contributed by atoms with E-state index in [1.165, 1.54) is 0 Å². The third kappa shape index (κ3) is 3.77. The lowest BCUT2D eigenvalue weighted by Gasteiger charge is -2.07. The van der Waals surface area contributed by atoms with Crippen LogP contribution in [0.15, 0.2) is 10.6 Å². The first-order valence-corrected chi connectivity index (χ1v) is 6.84. The van der Waals surface area contributed by atoms with Crippen molar-refractivity contribution in [1.29, 1.82) is 0 Å². The van der Waals surface area contributed by atoms with Crippen molar-refractivity contribution < 1.29 is 19.2 Å². The maximum Gasteiger partial charge on any atom is 0.258 e. The van der Waals surface area contributed by atoms with Gasteiger partial charge >= 0.3 is 0 Å². The van der Waals surface area contributed by atoms with Crippen LogP contribution in [0.3, 0.4) is 0 Å². The minimum atomic E-state index is -0.182. The zero-order valence-corrected chi connectivity index (χ0v) is 12.2. The molecule has 2 aromatic heterocycles. The number of rotatable bonds is 7. The van der Waals surface area contributed by atoms with E-state index >= 15 is 0 Å². The molecular formula is C14H19N3O4. The van der Waals surface area contributed by atoms with E-state index in [9.17, 15) is 4.79 Å². The number of carbonyl (C=O) groups excluding carboxylic acids is 1. The number of aromatic nitrogens is 2. The smallest absolute Gasteiger partial charge is 0.258 e. The van der Waals surface area contributed by atoms with Crippen LogP contribution in [-0.2, 0) is 4.74 Å². The molecule has 1 amide bonds. The van der Waals surface area contributed by atoms with Crippen LogP contribution in [0.5, 0.6) is 0 Å². The lowest BCUT2D eigenvalue weighted by atomic mass is 10.1. The van der Waals surface area contributed by atoms with Crippen molar-refractivity contribution in [2.75, 3.05) is 26.4 Å². The van der Waals surface area contributed by atoms with Crippen molar-refractivity contribution >= 4 is 17.0 Å². The normalized spacial score (nSPS) is 11.0. The van der Waals surface area contributed by atoms with Gasteiger partial charge in [-0.1, -0.05) is 5.16 Å². The molecule has 0 spiro atoms. The van der Waals surface area contributed by atoms with Crippen molar-refractivity contribution in [2.24, 2.45) is 0 Å². The number of amides is 1. The van der Waals surface area contributed by atoms with E-state index in [1.807, 2.05) is 0 Å². The highest BCUT2D eigenvalue weighted by atomic mass is 16.5. The van der Waals surface area contributed by atoms with Gasteiger partial charge < -0.3 is 19.7 Å². The molecule has 7 heteroatoms. The third-order valence-electron chi connectivity index (χ3n) is 2.98. The van der Waals surface area contributed by atoms with E-state index < -0.39 is 0 Å². The average molecular weight is 293 g/mol. The molecule has 0 bridgehead atoms. The van der Waals surface area contributed by atoms with Crippen LogP contribution in [-0.4, -0.2) is 47.5 Å². The van der Waals surface area contributed by atoms with Crippen LogP contribution in [0.25, 0.3) is 11.1 Å². The molecule has 0 aliphatic carbocycles. The summed E-state index contributed by atoms with van der Waals surface area (Å²) in [7, 11) is 0. The van der Waals surface area contributed by atoms with E-state index in [-0.39, 0.29) is 12.5 Å². The molecule has 0 saturated heterocycles. The number of pyridine rings is 1. The van der Waals surface area contributed by atoms with Crippen LogP contribution in [0.1, 0.15) is 28.2 Å². The summed E-state index contributed by atoms with van der Waals surface area (Å²) in [4.78, 5) is 16.5. The minimum Gasteiger partial charge on any atom is -0.394 e. The molecule has 0 aliphatic rings. The first kappa shape index (κ1) is 15.4. The number of carbonyl (C=O) groups is 1. The van der Waals surface area contributed by atoms with Crippen molar-refractivity contribution in [3.8, 4) is 0 Å². The Labute approximate surface area is 122 Å². The first-order chi connectivity index (χ1) is 10.1. The Balaban J connectivity index is 2.01. The molecule has 2 N–H and O–H groups in total. The predicted octanol–water partition coefficient (Wildman–Crippen LogP) is 0.968. The highest BCUT2D eigenvalue weighted by molar-refractivity contribution is 6.05. The molecule has 0 fully saturated rings. The van der Waals surface area contributed by atoms with Gasteiger partial charge in [0.2, 0.25) is 0 Å². The Hall–Kier alpha value is -1.99. The SMILES string of the molecule is Cc1cc(C(=O)NCCCOCCO)c2c(C)noc2n1. The van der Waals surface area contributed by atoms with E-state index in [2.05, 4.69) is 15.5 Å². The quantitative estimate of drug-likeness (QED) is 0.738. The van der Waals surface area contributed by atoms with Crippen LogP contribution >= 0.6 is 0 Å². The lowest BCUT2D eigenvalue weighted by molar-refractivity contribution is 0.0868. The number of fused-ring (bicyclic) bond motifs is 1. The topological polar surface area (TPSA) is 97.5 Å². The van der Waals surface area contributed by atoms with E-state index in [1.54, 1.807) is 19.9 Å². The molecule has 2 heterocycles. The number of hydrogen-bond acceptors (Lipinski definition) is 6. The zero-order valence-electron chi connectivity index (χ0n) is 12.2. The molecule has 0 atom stereocenters. The second-order valence-electron chi connectivity index (χ2n) is 4.70. The van der Waals surface area contributed by atoms with Gasteiger partial charge in [0.05, 0.1) is 29.9 Å². The van der Waals surface area contributed by atoms with Crippen molar-refractivity contribution in [3.05, 3.63) is 23.0 Å². The van der Waals surface area contributed by atoms with Gasteiger partial charge in [0.15, 0.2) is 0 Å². The predicted molar refractivity (Wildman–Crippen MR) is 76.1 cm³/mol. The molecule has 0 aliphatic heterocycles. The van der Waals surface area contributed by atoms with Crippen molar-refractivity contribution in [2.45, 2.75) is 20.3 Å². The molecule has 0 saturated carbocycles. The summed E-state index contributed by atoms with van der Waals surface area (Å²) in [5.41, 5.74) is 2.25. The highest BCUT2D eigenvalue weighted by Crippen LogP contribution is 2.21. The summed E-state index contributed by atoms with van der Waals surface area (Å²) in [6, 6.07) is 1.73. The van der Waals surface area contributed by atoms with E-state index in [4.69, 9.17) is 14.4 Å². The standard InChI is InChI=1S/C14H19N3O4/c1-9-8-11(12-10(2)17-21-14(12)16-9)13(19)15-4-3-6-20-7-5-18/h8,18H,3-7H2,1-2H3,(H,15,19). The number of aryl methyl sites for hydroxylation is 2. The van der Waals surface area contributed by atoms with Gasteiger partial charge in [-0.15, -0.1) is 0 Å². The summed E-state index contributed by atoms with van der Waals surface area (Å²) in [6.07, 6.45) is 0.682. The van der Waals surface area contributed by atoms with Gasteiger partial charge in [-0.05, 0) is 26.3 Å². The number of aliphatic hydroxyl groups is 1. The Kier molecular flexibility index (Phi) is 5.24. The fourth-order valence-electron chi connectivity index (χ4n) is 2.03. The van der Waals surface area contributed by atoms with Crippen LogP contribution in [0.2, 0.25) is 0 Å². The fourth-order valence-corrected chi connectivity index (χ4v) is 2.03. The number of ether oxygens (including phenoxy) is 1. The molecule has 114 valence electrons. The van der Waals surface area contributed by atoms with Crippen LogP contribution in [0.4, 0.5) is 0 Å². The molecular weight excluding hydrogens is 274 g/mol. The van der Waals surface area contributed by atoms with Gasteiger partial charge in [0.1, 0.15) is 0 Å². The summed E-state index contributed by atoms with van der Waals surface area (Å²) >= 11 is 0. The van der Waals surface area contributed by atoms with Crippen LogP contribution in [0, 0.1) is 13.8 Å². The van der Waals surface area contributed by atoms with Gasteiger partial charge in [0.25, 0.3) is 11.6 Å². The highest BCUT2D eigenvalue weighted by Gasteiger charge is 2.17. The van der Waals surface area contributed by atoms with Gasteiger partial charge in [-0.2, -0.15) is 0 Å². The summed E-state index contributed by atoms with van der Waals surface area (Å²) in [5.74, 6) is -0.182. The second-order valence-corrected chi connectivity index (χ2v) is 4.70. The Bertz CT molecular complexity index is 624. The lowest BCUT2D eigenvalue weighted by Crippen LogP contribution is -2.25. The summed E-state index contributed by atoms with van der Waals surface area (Å²) < 4.78 is 10.2. The van der Waals surface area contributed by atoms with Crippen molar-refractivity contribution in [3.63, 3.8) is 0 Å². The number of nitrogens with zero attached hydrogens (tertiary/aromatic N) is 2. The number of nitrogens with one attached hydrogen (secondary N) is 1. The van der Waals surface area contributed by atoms with Crippen molar-refractivity contribution in [1.82, 2.24) is 15.5 Å². The monoisotopic (exact) mass is 293 g/mol. The Morgan fingerprint density at radius 1 is 1.43 bits per heavy atom.